The minimum atomic E-state index is -0.309. The number of hydrogen-bond acceptors (Lipinski definition) is 5. The van der Waals surface area contributed by atoms with Crippen molar-refractivity contribution in [2.75, 3.05) is 13.2 Å². The maximum absolute atomic E-state index is 12.7. The molecule has 2 heterocycles. The van der Waals surface area contributed by atoms with Gasteiger partial charge in [-0.3, -0.25) is 9.59 Å². The summed E-state index contributed by atoms with van der Waals surface area (Å²) in [6.07, 6.45) is 3.83. The van der Waals surface area contributed by atoms with Gasteiger partial charge >= 0.3 is 0 Å². The fourth-order valence-corrected chi connectivity index (χ4v) is 3.98. The van der Waals surface area contributed by atoms with E-state index in [2.05, 4.69) is 27.3 Å². The van der Waals surface area contributed by atoms with Gasteiger partial charge in [-0.2, -0.15) is 0 Å². The second kappa shape index (κ2) is 8.94. The number of fused-ring (bicyclic) bond motifs is 1. The predicted octanol–water partition coefficient (Wildman–Crippen LogP) is 3.14. The topological polar surface area (TPSA) is 88.2 Å². The molecule has 0 spiro atoms. The molecule has 1 N–H and O–H groups in total. The maximum atomic E-state index is 12.7. The molecule has 2 aromatic carbocycles. The number of carbonyl (C=O) groups excluding carboxylic acids is 1. The Morgan fingerprint density at radius 1 is 1.09 bits per heavy atom. The van der Waals surface area contributed by atoms with Crippen LogP contribution in [0.4, 0.5) is 0 Å². The van der Waals surface area contributed by atoms with Crippen LogP contribution in [0.3, 0.4) is 0 Å². The number of nitrogens with zero attached hydrogens (tertiary/aromatic N) is 3. The lowest BCUT2D eigenvalue weighted by atomic mass is 9.99. The Labute approximate surface area is 186 Å². The Bertz CT molecular complexity index is 1190. The number of hydrogen-bond donors (Lipinski definition) is 1. The van der Waals surface area contributed by atoms with Gasteiger partial charge < -0.3 is 14.6 Å². The summed E-state index contributed by atoms with van der Waals surface area (Å²) < 4.78 is 5.81. The number of aryl methyl sites for hydroxylation is 1. The third-order valence-corrected chi connectivity index (χ3v) is 6.11. The van der Waals surface area contributed by atoms with Gasteiger partial charge in [0.2, 0.25) is 5.91 Å². The van der Waals surface area contributed by atoms with Gasteiger partial charge in [0.25, 0.3) is 5.56 Å². The van der Waals surface area contributed by atoms with Crippen molar-refractivity contribution in [3.05, 3.63) is 75.7 Å². The molecule has 1 aromatic heterocycles. The van der Waals surface area contributed by atoms with Gasteiger partial charge in [0.05, 0.1) is 6.61 Å². The molecule has 1 aliphatic heterocycles. The van der Waals surface area contributed by atoms with Crippen molar-refractivity contribution in [3.8, 4) is 17.1 Å². The van der Waals surface area contributed by atoms with E-state index in [1.165, 1.54) is 24.0 Å². The first-order valence-electron chi connectivity index (χ1n) is 11.2. The highest BCUT2D eigenvalue weighted by Crippen LogP contribution is 2.30. The third-order valence-electron chi connectivity index (χ3n) is 6.11. The molecule has 32 heavy (non-hydrogen) atoms. The van der Waals surface area contributed by atoms with Gasteiger partial charge in [0.1, 0.15) is 11.4 Å². The molecular weight excluding hydrogens is 404 g/mol. The van der Waals surface area contributed by atoms with Crippen molar-refractivity contribution in [1.82, 2.24) is 20.1 Å². The van der Waals surface area contributed by atoms with Gasteiger partial charge in [0.15, 0.2) is 5.82 Å². The van der Waals surface area contributed by atoms with Crippen molar-refractivity contribution in [3.63, 3.8) is 0 Å². The van der Waals surface area contributed by atoms with Crippen LogP contribution in [0, 0.1) is 5.92 Å². The summed E-state index contributed by atoms with van der Waals surface area (Å²) in [5.41, 5.74) is 3.21. The first kappa shape index (κ1) is 20.4. The van der Waals surface area contributed by atoms with Gasteiger partial charge in [-0.1, -0.05) is 36.4 Å². The van der Waals surface area contributed by atoms with E-state index < -0.39 is 0 Å². The standard InChI is InChI=1S/C25H26N4O3/c30-23(29-13-12-18-4-1-2-5-20(18)15-29)11-10-22-25(31)26-24(28-27-22)19-6-3-7-21(14-19)32-16-17-8-9-17/h1-7,14,17H,8-13,15-16H2,(H,26,28,31). The van der Waals surface area contributed by atoms with Gasteiger partial charge in [0, 0.05) is 31.5 Å². The molecular formula is C25H26N4O3. The van der Waals surface area contributed by atoms with Gasteiger partial charge in [-0.25, -0.2) is 0 Å². The number of carbonyl (C=O) groups is 1. The summed E-state index contributed by atoms with van der Waals surface area (Å²) in [7, 11) is 0. The number of aromatic amines is 1. The number of nitrogens with one attached hydrogen (secondary N) is 1. The molecule has 0 saturated heterocycles. The van der Waals surface area contributed by atoms with Gasteiger partial charge in [-0.05, 0) is 48.4 Å². The van der Waals surface area contributed by atoms with Crippen LogP contribution in [0.2, 0.25) is 0 Å². The molecule has 2 aliphatic rings. The molecule has 0 atom stereocenters. The number of ether oxygens (including phenoxy) is 1. The van der Waals surface area contributed by atoms with Gasteiger partial charge in [-0.15, -0.1) is 10.2 Å². The van der Waals surface area contributed by atoms with Crippen LogP contribution in [0.5, 0.6) is 5.75 Å². The SMILES string of the molecule is O=C(CCc1nnc(-c2cccc(OCC3CC3)c2)[nH]c1=O)N1CCc2ccccc2C1. The van der Waals surface area contributed by atoms with Crippen LogP contribution in [0.25, 0.3) is 11.4 Å². The van der Waals surface area contributed by atoms with Crippen LogP contribution < -0.4 is 10.3 Å². The highest BCUT2D eigenvalue weighted by atomic mass is 16.5. The zero-order valence-electron chi connectivity index (χ0n) is 17.9. The van der Waals surface area contributed by atoms with Crippen molar-refractivity contribution >= 4 is 5.91 Å². The van der Waals surface area contributed by atoms with Crippen LogP contribution in [-0.2, 0) is 24.2 Å². The summed E-state index contributed by atoms with van der Waals surface area (Å²) in [4.78, 5) is 29.9. The van der Waals surface area contributed by atoms with Crippen LogP contribution in [0.1, 0.15) is 36.1 Å². The largest absolute Gasteiger partial charge is 0.493 e. The number of benzene rings is 2. The molecule has 0 radical (unpaired) electrons. The van der Waals surface area contributed by atoms with Crippen LogP contribution in [0.15, 0.2) is 53.3 Å². The summed E-state index contributed by atoms with van der Waals surface area (Å²) in [6, 6.07) is 15.7. The Morgan fingerprint density at radius 2 is 1.94 bits per heavy atom. The molecule has 1 fully saturated rings. The lowest BCUT2D eigenvalue weighted by molar-refractivity contribution is -0.132. The molecule has 0 unspecified atom stereocenters. The summed E-state index contributed by atoms with van der Waals surface area (Å²) >= 11 is 0. The minimum absolute atomic E-state index is 0.0327. The average molecular weight is 431 g/mol. The van der Waals surface area contributed by atoms with Crippen molar-refractivity contribution < 1.29 is 9.53 Å². The number of rotatable bonds is 7. The van der Waals surface area contributed by atoms with Crippen LogP contribution in [-0.4, -0.2) is 39.1 Å². The fourth-order valence-electron chi connectivity index (χ4n) is 3.98. The number of amides is 1. The molecule has 1 amide bonds. The lowest BCUT2D eigenvalue weighted by Crippen LogP contribution is -2.36. The normalized spacial score (nSPS) is 15.3. The van der Waals surface area contributed by atoms with Crippen LogP contribution >= 0.6 is 0 Å². The molecule has 7 nitrogen and oxygen atoms in total. The number of aromatic nitrogens is 3. The Morgan fingerprint density at radius 3 is 2.75 bits per heavy atom. The Hall–Kier alpha value is -3.48. The smallest absolute Gasteiger partial charge is 0.273 e. The van der Waals surface area contributed by atoms with E-state index in [4.69, 9.17) is 4.74 Å². The van der Waals surface area contributed by atoms with Crippen molar-refractivity contribution in [1.29, 1.82) is 0 Å². The van der Waals surface area contributed by atoms with Crippen molar-refractivity contribution in [2.24, 2.45) is 5.92 Å². The highest BCUT2D eigenvalue weighted by molar-refractivity contribution is 5.76. The van der Waals surface area contributed by atoms with E-state index in [1.807, 2.05) is 41.3 Å². The average Bonchev–Trinajstić information content (AvgIpc) is 3.66. The maximum Gasteiger partial charge on any atom is 0.273 e. The van der Waals surface area contributed by atoms with E-state index in [0.717, 1.165) is 24.3 Å². The van der Waals surface area contributed by atoms with E-state index in [1.54, 1.807) is 0 Å². The van der Waals surface area contributed by atoms with E-state index in [-0.39, 0.29) is 30.0 Å². The second-order valence-corrected chi connectivity index (χ2v) is 8.57. The molecule has 7 heteroatoms. The molecule has 0 bridgehead atoms. The Kier molecular flexibility index (Phi) is 5.71. The van der Waals surface area contributed by atoms with E-state index in [0.29, 0.717) is 24.8 Å². The molecule has 164 valence electrons. The number of H-pyrrole nitrogens is 1. The monoisotopic (exact) mass is 430 g/mol. The quantitative estimate of drug-likeness (QED) is 0.622. The first-order valence-corrected chi connectivity index (χ1v) is 11.2. The molecule has 1 saturated carbocycles. The summed E-state index contributed by atoms with van der Waals surface area (Å²) in [5, 5.41) is 8.31. The molecule has 1 aliphatic carbocycles. The summed E-state index contributed by atoms with van der Waals surface area (Å²) in [5.74, 6) is 1.86. The minimum Gasteiger partial charge on any atom is -0.493 e. The van der Waals surface area contributed by atoms with Crippen molar-refractivity contribution in [2.45, 2.75) is 38.6 Å². The zero-order valence-corrected chi connectivity index (χ0v) is 17.9. The van der Waals surface area contributed by atoms with E-state index >= 15 is 0 Å². The van der Waals surface area contributed by atoms with E-state index in [9.17, 15) is 9.59 Å². The fraction of sp³-hybridized carbons (Fsp3) is 0.360. The third kappa shape index (κ3) is 4.72. The molecule has 3 aromatic rings. The predicted molar refractivity (Wildman–Crippen MR) is 120 cm³/mol. The zero-order chi connectivity index (χ0) is 21.9. The highest BCUT2D eigenvalue weighted by Gasteiger charge is 2.22. The second-order valence-electron chi connectivity index (χ2n) is 8.57. The first-order chi connectivity index (χ1) is 15.7. The Balaban J connectivity index is 1.21. The lowest BCUT2D eigenvalue weighted by Gasteiger charge is -2.28. The summed E-state index contributed by atoms with van der Waals surface area (Å²) in [6.45, 7) is 2.05. The molecule has 5 rings (SSSR count).